The zero-order valence-electron chi connectivity index (χ0n) is 15.0. The molecule has 0 saturated heterocycles. The third-order valence-corrected chi connectivity index (χ3v) is 4.62. The van der Waals surface area contributed by atoms with E-state index >= 15 is 0 Å². The highest BCUT2D eigenvalue weighted by Crippen LogP contribution is 2.18. The fourth-order valence-corrected chi connectivity index (χ4v) is 3.16. The molecule has 5 nitrogen and oxygen atoms in total. The van der Waals surface area contributed by atoms with Crippen molar-refractivity contribution in [1.82, 2.24) is 10.2 Å². The number of hydrogen-bond donors (Lipinski definition) is 1. The van der Waals surface area contributed by atoms with Crippen LogP contribution in [0.1, 0.15) is 62.2 Å². The Bertz CT molecular complexity index is 613. The Kier molecular flexibility index (Phi) is 7.46. The Morgan fingerprint density at radius 1 is 1.20 bits per heavy atom. The molecule has 0 unspecified atom stereocenters. The van der Waals surface area contributed by atoms with Crippen LogP contribution >= 0.6 is 0 Å². The van der Waals surface area contributed by atoms with E-state index < -0.39 is 0 Å². The van der Waals surface area contributed by atoms with Crippen LogP contribution in [-0.4, -0.2) is 35.8 Å². The summed E-state index contributed by atoms with van der Waals surface area (Å²) in [4.78, 5) is 30.1. The van der Waals surface area contributed by atoms with Crippen LogP contribution in [0.2, 0.25) is 0 Å². The highest BCUT2D eigenvalue weighted by atomic mass is 16.2. The van der Waals surface area contributed by atoms with Gasteiger partial charge in [0.2, 0.25) is 5.91 Å². The molecule has 25 heavy (non-hydrogen) atoms. The van der Waals surface area contributed by atoms with E-state index in [1.165, 1.54) is 6.42 Å². The van der Waals surface area contributed by atoms with Crippen LogP contribution in [-0.2, 0) is 4.79 Å². The molecule has 0 bridgehead atoms. The van der Waals surface area contributed by atoms with Gasteiger partial charge < -0.3 is 10.2 Å². The normalized spacial score (nSPS) is 14.6. The van der Waals surface area contributed by atoms with Crippen LogP contribution in [0.3, 0.4) is 0 Å². The number of carbonyl (C=O) groups is 2. The molecule has 0 spiro atoms. The van der Waals surface area contributed by atoms with E-state index in [0.29, 0.717) is 17.8 Å². The van der Waals surface area contributed by atoms with Gasteiger partial charge in [0.1, 0.15) is 0 Å². The van der Waals surface area contributed by atoms with Crippen LogP contribution in [0.15, 0.2) is 24.3 Å². The molecule has 1 aliphatic rings. The molecular formula is C20H27N3O2. The number of benzene rings is 1. The molecule has 1 aromatic carbocycles. The summed E-state index contributed by atoms with van der Waals surface area (Å²) >= 11 is 0. The van der Waals surface area contributed by atoms with Gasteiger partial charge in [-0.05, 0) is 19.3 Å². The average Bonchev–Trinajstić information content (AvgIpc) is 2.65. The summed E-state index contributed by atoms with van der Waals surface area (Å²) in [6.07, 6.45) is 7.47. The van der Waals surface area contributed by atoms with Gasteiger partial charge in [0.25, 0.3) is 5.91 Å². The molecule has 1 aliphatic carbocycles. The minimum atomic E-state index is -0.149. The molecule has 5 heteroatoms. The Balaban J connectivity index is 1.99. The maximum Gasteiger partial charge on any atom is 0.254 e. The highest BCUT2D eigenvalue weighted by Gasteiger charge is 2.21. The van der Waals surface area contributed by atoms with Crippen molar-refractivity contribution in [2.24, 2.45) is 0 Å². The zero-order chi connectivity index (χ0) is 18.1. The van der Waals surface area contributed by atoms with E-state index in [1.54, 1.807) is 29.2 Å². The molecule has 2 rings (SSSR count). The fourth-order valence-electron chi connectivity index (χ4n) is 3.16. The molecule has 0 heterocycles. The lowest BCUT2D eigenvalue weighted by atomic mass is 9.95. The Morgan fingerprint density at radius 2 is 1.88 bits per heavy atom. The average molecular weight is 341 g/mol. The van der Waals surface area contributed by atoms with Gasteiger partial charge in [-0.3, -0.25) is 9.59 Å². The van der Waals surface area contributed by atoms with Crippen molar-refractivity contribution in [3.63, 3.8) is 0 Å². The fraction of sp³-hybridized carbons (Fsp3) is 0.550. The first-order valence-electron chi connectivity index (χ1n) is 9.20. The number of rotatable bonds is 7. The van der Waals surface area contributed by atoms with Crippen molar-refractivity contribution in [3.8, 4) is 0 Å². The van der Waals surface area contributed by atoms with Crippen LogP contribution in [0.4, 0.5) is 5.69 Å². The van der Waals surface area contributed by atoms with Crippen molar-refractivity contribution < 1.29 is 9.59 Å². The summed E-state index contributed by atoms with van der Waals surface area (Å²) in [7, 11) is 0. The van der Waals surface area contributed by atoms with Crippen LogP contribution in [0.5, 0.6) is 0 Å². The molecule has 1 N–H and O–H groups in total. The molecule has 134 valence electrons. The van der Waals surface area contributed by atoms with E-state index in [2.05, 4.69) is 17.1 Å². The Labute approximate surface area is 150 Å². The molecule has 0 atom stereocenters. The maximum absolute atomic E-state index is 12.7. The van der Waals surface area contributed by atoms with Gasteiger partial charge in [-0.25, -0.2) is 4.85 Å². The SMILES string of the molecule is [C-]#[N+]c1ccc(C(=O)N(CCCC)CC(=O)NC2CCCCC2)cc1. The molecular weight excluding hydrogens is 314 g/mol. The van der Waals surface area contributed by atoms with E-state index in [-0.39, 0.29) is 24.4 Å². The minimum Gasteiger partial charge on any atom is -0.352 e. The van der Waals surface area contributed by atoms with Crippen molar-refractivity contribution >= 4 is 17.5 Å². The predicted octanol–water partition coefficient (Wildman–Crippen LogP) is 3.93. The van der Waals surface area contributed by atoms with E-state index in [1.807, 2.05) is 0 Å². The summed E-state index contributed by atoms with van der Waals surface area (Å²) in [6, 6.07) is 6.85. The van der Waals surface area contributed by atoms with Crippen molar-refractivity contribution in [2.45, 2.75) is 57.9 Å². The largest absolute Gasteiger partial charge is 0.352 e. The van der Waals surface area contributed by atoms with E-state index in [9.17, 15) is 9.59 Å². The van der Waals surface area contributed by atoms with Crippen LogP contribution in [0, 0.1) is 6.57 Å². The summed E-state index contributed by atoms with van der Waals surface area (Å²) in [6.45, 7) is 9.72. The lowest BCUT2D eigenvalue weighted by Gasteiger charge is -2.26. The van der Waals surface area contributed by atoms with E-state index in [0.717, 1.165) is 38.5 Å². The number of amides is 2. The second-order valence-corrected chi connectivity index (χ2v) is 6.64. The maximum atomic E-state index is 12.7. The van der Waals surface area contributed by atoms with E-state index in [4.69, 9.17) is 6.57 Å². The summed E-state index contributed by atoms with van der Waals surface area (Å²) < 4.78 is 0. The number of nitrogens with zero attached hydrogens (tertiary/aromatic N) is 2. The van der Waals surface area contributed by atoms with Crippen molar-refractivity contribution in [2.75, 3.05) is 13.1 Å². The van der Waals surface area contributed by atoms with Crippen LogP contribution in [0.25, 0.3) is 4.85 Å². The molecule has 2 amide bonds. The molecule has 0 aromatic heterocycles. The monoisotopic (exact) mass is 341 g/mol. The predicted molar refractivity (Wildman–Crippen MR) is 98.5 cm³/mol. The molecule has 0 radical (unpaired) electrons. The van der Waals surface area contributed by atoms with Gasteiger partial charge in [0.05, 0.1) is 13.1 Å². The van der Waals surface area contributed by atoms with Gasteiger partial charge in [0.15, 0.2) is 5.69 Å². The topological polar surface area (TPSA) is 53.8 Å². The first kappa shape index (κ1) is 19.0. The van der Waals surface area contributed by atoms with Gasteiger partial charge in [-0.1, -0.05) is 56.9 Å². The number of nitrogens with one attached hydrogen (secondary N) is 1. The van der Waals surface area contributed by atoms with Gasteiger partial charge in [-0.15, -0.1) is 0 Å². The Hall–Kier alpha value is -2.35. The van der Waals surface area contributed by atoms with Crippen molar-refractivity contribution in [1.29, 1.82) is 0 Å². The summed E-state index contributed by atoms with van der Waals surface area (Å²) in [5, 5.41) is 3.08. The lowest BCUT2D eigenvalue weighted by molar-refractivity contribution is -0.122. The summed E-state index contributed by atoms with van der Waals surface area (Å²) in [5.74, 6) is -0.224. The number of carbonyl (C=O) groups excluding carboxylic acids is 2. The smallest absolute Gasteiger partial charge is 0.254 e. The first-order chi connectivity index (χ1) is 12.1. The zero-order valence-corrected chi connectivity index (χ0v) is 15.0. The standard InChI is InChI=1S/C20H27N3O2/c1-3-4-14-23(15-19(24)22-18-8-6-5-7-9-18)20(25)16-10-12-17(21-2)13-11-16/h10-13,18H,3-9,14-15H2,1H3,(H,22,24). The second kappa shape index (κ2) is 9.83. The molecule has 1 fully saturated rings. The third kappa shape index (κ3) is 5.90. The first-order valence-corrected chi connectivity index (χ1v) is 9.20. The Morgan fingerprint density at radius 3 is 2.48 bits per heavy atom. The summed E-state index contributed by atoms with van der Waals surface area (Å²) in [5.41, 5.74) is 1.03. The molecule has 1 aromatic rings. The number of hydrogen-bond acceptors (Lipinski definition) is 2. The number of unbranched alkanes of at least 4 members (excludes halogenated alkanes) is 1. The second-order valence-electron chi connectivity index (χ2n) is 6.64. The van der Waals surface area contributed by atoms with Crippen LogP contribution < -0.4 is 5.32 Å². The van der Waals surface area contributed by atoms with Gasteiger partial charge >= 0.3 is 0 Å². The minimum absolute atomic E-state index is 0.0749. The molecule has 0 aliphatic heterocycles. The highest BCUT2D eigenvalue weighted by molar-refractivity contribution is 5.96. The lowest BCUT2D eigenvalue weighted by Crippen LogP contribution is -2.45. The molecule has 1 saturated carbocycles. The van der Waals surface area contributed by atoms with Gasteiger partial charge in [0, 0.05) is 18.2 Å². The third-order valence-electron chi connectivity index (χ3n) is 4.62. The quantitative estimate of drug-likeness (QED) is 0.764. The van der Waals surface area contributed by atoms with Crippen molar-refractivity contribution in [3.05, 3.63) is 41.2 Å². The van der Waals surface area contributed by atoms with Gasteiger partial charge in [-0.2, -0.15) is 0 Å².